The quantitative estimate of drug-likeness (QED) is 0.734. The fourth-order valence-electron chi connectivity index (χ4n) is 3.13. The molecule has 118 valence electrons. The van der Waals surface area contributed by atoms with Crippen LogP contribution in [0, 0.1) is 0 Å². The second-order valence-corrected chi connectivity index (χ2v) is 6.04. The maximum Gasteiger partial charge on any atom is 0.272 e. The standard InChI is InChI=1S/C17H18N4O2/c1-19-7-9-20(10-8-19)17(23)12-4-5-14-13(11-12)18-16(22)15-3-2-6-21(14)15/h2-6,11H,7-10H2,1H3,(H,18,22). The van der Waals surface area contributed by atoms with Crippen LogP contribution in [0.15, 0.2) is 41.3 Å². The third-order valence-electron chi connectivity index (χ3n) is 4.52. The third kappa shape index (κ3) is 2.31. The van der Waals surface area contributed by atoms with Gasteiger partial charge in [-0.05, 0) is 37.4 Å². The molecule has 0 saturated carbocycles. The summed E-state index contributed by atoms with van der Waals surface area (Å²) in [5.41, 5.74) is 2.64. The zero-order chi connectivity index (χ0) is 16.0. The molecule has 1 aromatic carbocycles. The number of carbonyl (C=O) groups excluding carboxylic acids is 1. The number of nitrogens with one attached hydrogen (secondary N) is 1. The summed E-state index contributed by atoms with van der Waals surface area (Å²) in [6.45, 7) is 3.25. The molecule has 1 aliphatic heterocycles. The number of hydrogen-bond acceptors (Lipinski definition) is 3. The molecular weight excluding hydrogens is 292 g/mol. The topological polar surface area (TPSA) is 60.8 Å². The fraction of sp³-hybridized carbons (Fsp3) is 0.294. The lowest BCUT2D eigenvalue weighted by Gasteiger charge is -2.32. The van der Waals surface area contributed by atoms with Crippen LogP contribution in [0.2, 0.25) is 0 Å². The molecule has 6 heteroatoms. The Kier molecular flexibility index (Phi) is 3.20. The number of H-pyrrole nitrogens is 1. The van der Waals surface area contributed by atoms with E-state index in [4.69, 9.17) is 0 Å². The number of aromatic amines is 1. The van der Waals surface area contributed by atoms with Crippen molar-refractivity contribution in [1.29, 1.82) is 0 Å². The van der Waals surface area contributed by atoms with Crippen LogP contribution < -0.4 is 5.56 Å². The van der Waals surface area contributed by atoms with Crippen LogP contribution in [-0.4, -0.2) is 58.3 Å². The van der Waals surface area contributed by atoms with E-state index in [1.807, 2.05) is 33.7 Å². The summed E-state index contributed by atoms with van der Waals surface area (Å²) in [4.78, 5) is 31.7. The molecule has 1 amide bonds. The Labute approximate surface area is 132 Å². The molecule has 23 heavy (non-hydrogen) atoms. The van der Waals surface area contributed by atoms with Crippen molar-refractivity contribution in [2.24, 2.45) is 0 Å². The molecule has 1 aliphatic rings. The van der Waals surface area contributed by atoms with Crippen molar-refractivity contribution in [1.82, 2.24) is 19.2 Å². The van der Waals surface area contributed by atoms with Crippen LogP contribution in [0.4, 0.5) is 0 Å². The highest BCUT2D eigenvalue weighted by Crippen LogP contribution is 2.16. The SMILES string of the molecule is CN1CCN(C(=O)c2ccc3c(c2)[nH]c(=O)c2cccn23)CC1. The zero-order valence-electron chi connectivity index (χ0n) is 13.0. The first-order valence-corrected chi connectivity index (χ1v) is 7.74. The summed E-state index contributed by atoms with van der Waals surface area (Å²) in [5.74, 6) is 0.0217. The zero-order valence-corrected chi connectivity index (χ0v) is 13.0. The van der Waals surface area contributed by atoms with E-state index in [0.717, 1.165) is 31.7 Å². The van der Waals surface area contributed by atoms with Crippen LogP contribution >= 0.6 is 0 Å². The molecule has 0 atom stereocenters. The molecule has 1 N–H and O–H groups in total. The van der Waals surface area contributed by atoms with Gasteiger partial charge in [0.15, 0.2) is 0 Å². The minimum atomic E-state index is -0.147. The van der Waals surface area contributed by atoms with E-state index >= 15 is 0 Å². The number of nitrogens with zero attached hydrogens (tertiary/aromatic N) is 3. The first kappa shape index (κ1) is 14.0. The van der Waals surface area contributed by atoms with E-state index in [1.165, 1.54) is 0 Å². The molecule has 0 bridgehead atoms. The normalized spacial score (nSPS) is 16.3. The summed E-state index contributed by atoms with van der Waals surface area (Å²) in [6.07, 6.45) is 1.86. The lowest BCUT2D eigenvalue weighted by Crippen LogP contribution is -2.47. The predicted molar refractivity (Wildman–Crippen MR) is 88.9 cm³/mol. The molecule has 0 spiro atoms. The molecule has 3 aromatic rings. The van der Waals surface area contributed by atoms with Crippen molar-refractivity contribution in [2.45, 2.75) is 0 Å². The van der Waals surface area contributed by atoms with Gasteiger partial charge in [-0.2, -0.15) is 0 Å². The van der Waals surface area contributed by atoms with Crippen molar-refractivity contribution in [3.8, 4) is 0 Å². The van der Waals surface area contributed by atoms with Crippen molar-refractivity contribution in [3.63, 3.8) is 0 Å². The molecular formula is C17H18N4O2. The third-order valence-corrected chi connectivity index (χ3v) is 4.52. The number of fused-ring (bicyclic) bond motifs is 3. The highest BCUT2D eigenvalue weighted by Gasteiger charge is 2.20. The molecule has 3 heterocycles. The highest BCUT2D eigenvalue weighted by molar-refractivity contribution is 5.97. The number of hydrogen-bond donors (Lipinski definition) is 1. The second kappa shape index (κ2) is 5.24. The maximum absolute atomic E-state index is 12.7. The minimum Gasteiger partial charge on any atom is -0.336 e. The summed E-state index contributed by atoms with van der Waals surface area (Å²) >= 11 is 0. The Morgan fingerprint density at radius 2 is 1.87 bits per heavy atom. The van der Waals surface area contributed by atoms with E-state index < -0.39 is 0 Å². The van der Waals surface area contributed by atoms with Crippen molar-refractivity contribution < 1.29 is 4.79 Å². The first-order chi connectivity index (χ1) is 11.1. The smallest absolute Gasteiger partial charge is 0.272 e. The van der Waals surface area contributed by atoms with Crippen LogP contribution in [0.1, 0.15) is 10.4 Å². The van der Waals surface area contributed by atoms with E-state index in [2.05, 4.69) is 16.9 Å². The minimum absolute atomic E-state index is 0.0217. The van der Waals surface area contributed by atoms with Crippen LogP contribution in [0.25, 0.3) is 16.6 Å². The van der Waals surface area contributed by atoms with Crippen molar-refractivity contribution in [2.75, 3.05) is 33.2 Å². The first-order valence-electron chi connectivity index (χ1n) is 7.74. The number of piperazine rings is 1. The molecule has 0 radical (unpaired) electrons. The Balaban J connectivity index is 1.75. The number of benzene rings is 1. The summed E-state index contributed by atoms with van der Waals surface area (Å²) < 4.78 is 1.85. The van der Waals surface area contributed by atoms with Gasteiger partial charge in [-0.25, -0.2) is 0 Å². The van der Waals surface area contributed by atoms with Gasteiger partial charge >= 0.3 is 0 Å². The molecule has 6 nitrogen and oxygen atoms in total. The highest BCUT2D eigenvalue weighted by atomic mass is 16.2. The summed E-state index contributed by atoms with van der Waals surface area (Å²) in [5, 5.41) is 0. The average molecular weight is 310 g/mol. The van der Waals surface area contributed by atoms with E-state index in [0.29, 0.717) is 16.6 Å². The van der Waals surface area contributed by atoms with Gasteiger partial charge in [-0.15, -0.1) is 0 Å². The largest absolute Gasteiger partial charge is 0.336 e. The van der Waals surface area contributed by atoms with Crippen LogP contribution in [0.3, 0.4) is 0 Å². The number of likely N-dealkylation sites (N-methyl/N-ethyl adjacent to an activating group) is 1. The number of rotatable bonds is 1. The van der Waals surface area contributed by atoms with Gasteiger partial charge in [-0.3, -0.25) is 9.59 Å². The molecule has 1 saturated heterocycles. The van der Waals surface area contributed by atoms with E-state index in [1.54, 1.807) is 12.1 Å². The van der Waals surface area contributed by atoms with Gasteiger partial charge < -0.3 is 19.2 Å². The van der Waals surface area contributed by atoms with Crippen LogP contribution in [0.5, 0.6) is 0 Å². The average Bonchev–Trinajstić information content (AvgIpc) is 3.05. The number of aromatic nitrogens is 2. The summed E-state index contributed by atoms with van der Waals surface area (Å²) in [7, 11) is 2.06. The second-order valence-electron chi connectivity index (χ2n) is 6.04. The Morgan fingerprint density at radius 1 is 1.09 bits per heavy atom. The van der Waals surface area contributed by atoms with Gasteiger partial charge in [0.25, 0.3) is 11.5 Å². The Morgan fingerprint density at radius 3 is 2.65 bits per heavy atom. The molecule has 2 aromatic heterocycles. The number of carbonyl (C=O) groups is 1. The van der Waals surface area contributed by atoms with Gasteiger partial charge in [0.1, 0.15) is 5.52 Å². The van der Waals surface area contributed by atoms with E-state index in [-0.39, 0.29) is 11.5 Å². The fourth-order valence-corrected chi connectivity index (χ4v) is 3.13. The van der Waals surface area contributed by atoms with Gasteiger partial charge in [0, 0.05) is 37.9 Å². The monoisotopic (exact) mass is 310 g/mol. The lowest BCUT2D eigenvalue weighted by atomic mass is 10.1. The number of amides is 1. The molecule has 1 fully saturated rings. The predicted octanol–water partition coefficient (Wildman–Crippen LogP) is 1.17. The van der Waals surface area contributed by atoms with Gasteiger partial charge in [-0.1, -0.05) is 0 Å². The summed E-state index contributed by atoms with van der Waals surface area (Å²) in [6, 6.07) is 9.12. The lowest BCUT2D eigenvalue weighted by molar-refractivity contribution is 0.0664. The van der Waals surface area contributed by atoms with Gasteiger partial charge in [0.05, 0.1) is 11.0 Å². The van der Waals surface area contributed by atoms with Gasteiger partial charge in [0.2, 0.25) is 0 Å². The Bertz CT molecular complexity index is 948. The van der Waals surface area contributed by atoms with Crippen molar-refractivity contribution >= 4 is 22.5 Å². The molecule has 4 rings (SSSR count). The Hall–Kier alpha value is -2.60. The van der Waals surface area contributed by atoms with E-state index in [9.17, 15) is 9.59 Å². The van der Waals surface area contributed by atoms with Crippen molar-refractivity contribution in [3.05, 3.63) is 52.4 Å². The molecule has 0 unspecified atom stereocenters. The molecule has 0 aliphatic carbocycles. The van der Waals surface area contributed by atoms with Crippen LogP contribution in [-0.2, 0) is 0 Å². The maximum atomic E-state index is 12.7.